The van der Waals surface area contributed by atoms with E-state index in [0.29, 0.717) is 12.4 Å². The van der Waals surface area contributed by atoms with Crippen molar-refractivity contribution in [3.8, 4) is 5.69 Å². The van der Waals surface area contributed by atoms with E-state index >= 15 is 0 Å². The first-order chi connectivity index (χ1) is 11.8. The number of nitrogens with one attached hydrogen (secondary N) is 1. The number of ether oxygens (including phenoxy) is 2. The SMILES string of the molecule is CSc1cnn(-c2ccccc2)c1NC(=O)COC[C@@H]1CCCO1. The lowest BCUT2D eigenvalue weighted by atomic mass is 10.2. The minimum atomic E-state index is -0.194. The average molecular weight is 347 g/mol. The second kappa shape index (κ2) is 8.32. The monoisotopic (exact) mass is 347 g/mol. The van der Waals surface area contributed by atoms with E-state index in [2.05, 4.69) is 10.4 Å². The summed E-state index contributed by atoms with van der Waals surface area (Å²) >= 11 is 1.54. The zero-order valence-corrected chi connectivity index (χ0v) is 14.4. The highest BCUT2D eigenvalue weighted by Crippen LogP contribution is 2.27. The van der Waals surface area contributed by atoms with Gasteiger partial charge in [-0.25, -0.2) is 4.68 Å². The van der Waals surface area contributed by atoms with Crippen LogP contribution in [0.5, 0.6) is 0 Å². The molecule has 6 nitrogen and oxygen atoms in total. The highest BCUT2D eigenvalue weighted by Gasteiger charge is 2.17. The summed E-state index contributed by atoms with van der Waals surface area (Å²) in [6.45, 7) is 1.25. The average Bonchev–Trinajstić information content (AvgIpc) is 3.25. The van der Waals surface area contributed by atoms with Crippen molar-refractivity contribution < 1.29 is 14.3 Å². The molecule has 1 aromatic heterocycles. The lowest BCUT2D eigenvalue weighted by Gasteiger charge is -2.12. The number of aromatic nitrogens is 2. The Morgan fingerprint density at radius 1 is 1.46 bits per heavy atom. The number of benzene rings is 1. The van der Waals surface area contributed by atoms with Gasteiger partial charge in [-0.2, -0.15) is 5.10 Å². The van der Waals surface area contributed by atoms with Crippen LogP contribution in [-0.2, 0) is 14.3 Å². The minimum Gasteiger partial charge on any atom is -0.376 e. The third kappa shape index (κ3) is 4.17. The van der Waals surface area contributed by atoms with Gasteiger partial charge in [0.05, 0.1) is 29.5 Å². The first kappa shape index (κ1) is 17.0. The fraction of sp³-hybridized carbons (Fsp3) is 0.412. The van der Waals surface area contributed by atoms with Crippen LogP contribution in [0.25, 0.3) is 5.69 Å². The zero-order valence-electron chi connectivity index (χ0n) is 13.6. The zero-order chi connectivity index (χ0) is 16.8. The van der Waals surface area contributed by atoms with E-state index in [1.807, 2.05) is 36.6 Å². The molecule has 24 heavy (non-hydrogen) atoms. The maximum Gasteiger partial charge on any atom is 0.251 e. The van der Waals surface area contributed by atoms with Gasteiger partial charge in [-0.15, -0.1) is 11.8 Å². The van der Waals surface area contributed by atoms with Crippen molar-refractivity contribution in [3.05, 3.63) is 36.5 Å². The number of thioether (sulfide) groups is 1. The lowest BCUT2D eigenvalue weighted by Crippen LogP contribution is -2.23. The van der Waals surface area contributed by atoms with Crippen LogP contribution in [0.1, 0.15) is 12.8 Å². The Morgan fingerprint density at radius 3 is 3.00 bits per heavy atom. The van der Waals surface area contributed by atoms with Crippen molar-refractivity contribution in [2.45, 2.75) is 23.8 Å². The Bertz CT molecular complexity index is 669. The van der Waals surface area contributed by atoms with Gasteiger partial charge in [-0.1, -0.05) is 18.2 Å². The molecular formula is C17H21N3O3S. The van der Waals surface area contributed by atoms with Crippen LogP contribution in [0.15, 0.2) is 41.4 Å². The predicted octanol–water partition coefficient (Wildman–Crippen LogP) is 2.73. The summed E-state index contributed by atoms with van der Waals surface area (Å²) in [6.07, 6.45) is 5.89. The first-order valence-electron chi connectivity index (χ1n) is 7.94. The van der Waals surface area contributed by atoms with Gasteiger partial charge in [0.1, 0.15) is 12.4 Å². The van der Waals surface area contributed by atoms with Gasteiger partial charge in [0.25, 0.3) is 5.91 Å². The Morgan fingerprint density at radius 2 is 2.29 bits per heavy atom. The lowest BCUT2D eigenvalue weighted by molar-refractivity contribution is -0.121. The Labute approximate surface area is 145 Å². The van der Waals surface area contributed by atoms with Gasteiger partial charge in [0, 0.05) is 6.61 Å². The molecule has 0 saturated carbocycles. The third-order valence-corrected chi connectivity index (χ3v) is 4.51. The van der Waals surface area contributed by atoms with Gasteiger partial charge in [0.15, 0.2) is 0 Å². The van der Waals surface area contributed by atoms with Crippen molar-refractivity contribution in [2.24, 2.45) is 0 Å². The molecule has 7 heteroatoms. The van der Waals surface area contributed by atoms with Crippen molar-refractivity contribution in [2.75, 3.05) is 31.4 Å². The Kier molecular flexibility index (Phi) is 5.90. The number of nitrogens with zero attached hydrogens (tertiary/aromatic N) is 2. The van der Waals surface area contributed by atoms with Crippen molar-refractivity contribution in [3.63, 3.8) is 0 Å². The Hall–Kier alpha value is -1.83. The third-order valence-electron chi connectivity index (χ3n) is 3.78. The summed E-state index contributed by atoms with van der Waals surface area (Å²) in [7, 11) is 0. The molecule has 1 saturated heterocycles. The van der Waals surface area contributed by atoms with Gasteiger partial charge in [-0.05, 0) is 31.2 Å². The number of amides is 1. The van der Waals surface area contributed by atoms with E-state index in [4.69, 9.17) is 9.47 Å². The van der Waals surface area contributed by atoms with Gasteiger partial charge < -0.3 is 14.8 Å². The van der Waals surface area contributed by atoms with E-state index < -0.39 is 0 Å². The molecule has 3 rings (SSSR count). The van der Waals surface area contributed by atoms with Crippen LogP contribution in [-0.4, -0.2) is 47.9 Å². The van der Waals surface area contributed by atoms with Crippen LogP contribution in [0.4, 0.5) is 5.82 Å². The molecule has 1 atom stereocenters. The van der Waals surface area contributed by atoms with Gasteiger partial charge in [-0.3, -0.25) is 4.79 Å². The van der Waals surface area contributed by atoms with Crippen LogP contribution in [0, 0.1) is 0 Å². The standard InChI is InChI=1S/C17H21N3O3S/c1-24-15-10-18-20(13-6-3-2-4-7-13)17(15)19-16(21)12-22-11-14-8-5-9-23-14/h2-4,6-7,10,14H,5,8-9,11-12H2,1H3,(H,19,21)/t14-/m0/s1. The maximum absolute atomic E-state index is 12.2. The molecule has 1 N–H and O–H groups in total. The second-order valence-corrected chi connectivity index (χ2v) is 6.36. The highest BCUT2D eigenvalue weighted by atomic mass is 32.2. The minimum absolute atomic E-state index is 0.00759. The molecule has 1 fully saturated rings. The molecule has 1 aliphatic rings. The number of carbonyl (C=O) groups excluding carboxylic acids is 1. The summed E-state index contributed by atoms with van der Waals surface area (Å²) in [6, 6.07) is 9.71. The molecule has 0 radical (unpaired) electrons. The number of rotatable bonds is 7. The normalized spacial score (nSPS) is 17.1. The van der Waals surface area contributed by atoms with Gasteiger partial charge >= 0.3 is 0 Å². The number of hydrogen-bond donors (Lipinski definition) is 1. The maximum atomic E-state index is 12.2. The number of para-hydroxylation sites is 1. The molecular weight excluding hydrogens is 326 g/mol. The highest BCUT2D eigenvalue weighted by molar-refractivity contribution is 7.98. The van der Waals surface area contributed by atoms with Crippen molar-refractivity contribution >= 4 is 23.5 Å². The fourth-order valence-corrected chi connectivity index (χ4v) is 3.07. The molecule has 0 aliphatic carbocycles. The molecule has 2 aromatic rings. The quantitative estimate of drug-likeness (QED) is 0.780. The van der Waals surface area contributed by atoms with Crippen LogP contribution >= 0.6 is 11.8 Å². The van der Waals surface area contributed by atoms with Crippen LogP contribution in [0.2, 0.25) is 0 Å². The molecule has 0 spiro atoms. The first-order valence-corrected chi connectivity index (χ1v) is 9.17. The number of carbonyl (C=O) groups is 1. The topological polar surface area (TPSA) is 65.4 Å². The van der Waals surface area contributed by atoms with E-state index in [1.54, 1.807) is 10.9 Å². The molecule has 0 unspecified atom stereocenters. The summed E-state index contributed by atoms with van der Waals surface area (Å²) in [5.74, 6) is 0.473. The van der Waals surface area contributed by atoms with Crippen molar-refractivity contribution in [1.29, 1.82) is 0 Å². The summed E-state index contributed by atoms with van der Waals surface area (Å²) in [5, 5.41) is 7.28. The Balaban J connectivity index is 1.63. The second-order valence-electron chi connectivity index (χ2n) is 5.51. The largest absolute Gasteiger partial charge is 0.376 e. The van der Waals surface area contributed by atoms with E-state index in [1.165, 1.54) is 11.8 Å². The van der Waals surface area contributed by atoms with Crippen LogP contribution in [0.3, 0.4) is 0 Å². The fourth-order valence-electron chi connectivity index (χ4n) is 2.59. The molecule has 0 bridgehead atoms. The smallest absolute Gasteiger partial charge is 0.251 e. The summed E-state index contributed by atoms with van der Waals surface area (Å²) in [4.78, 5) is 13.1. The van der Waals surface area contributed by atoms with E-state index in [-0.39, 0.29) is 18.6 Å². The number of anilines is 1. The summed E-state index contributed by atoms with van der Waals surface area (Å²) in [5.41, 5.74) is 0.897. The molecule has 128 valence electrons. The van der Waals surface area contributed by atoms with Crippen molar-refractivity contribution in [1.82, 2.24) is 9.78 Å². The number of hydrogen-bond acceptors (Lipinski definition) is 5. The summed E-state index contributed by atoms with van der Waals surface area (Å²) < 4.78 is 12.7. The predicted molar refractivity (Wildman–Crippen MR) is 93.8 cm³/mol. The molecule has 2 heterocycles. The van der Waals surface area contributed by atoms with E-state index in [9.17, 15) is 4.79 Å². The van der Waals surface area contributed by atoms with Gasteiger partial charge in [0.2, 0.25) is 0 Å². The van der Waals surface area contributed by atoms with Crippen LogP contribution < -0.4 is 5.32 Å². The molecule has 1 amide bonds. The molecule has 1 aromatic carbocycles. The van der Waals surface area contributed by atoms with E-state index in [0.717, 1.165) is 30.0 Å². The molecule has 1 aliphatic heterocycles.